The van der Waals surface area contributed by atoms with Gasteiger partial charge in [-0.25, -0.2) is 4.98 Å². The number of rotatable bonds is 2. The van der Waals surface area contributed by atoms with Crippen LogP contribution in [0.2, 0.25) is 0 Å². The summed E-state index contributed by atoms with van der Waals surface area (Å²) in [4.78, 5) is 4.12. The van der Waals surface area contributed by atoms with Gasteiger partial charge in [0.15, 0.2) is 0 Å². The van der Waals surface area contributed by atoms with E-state index in [1.807, 2.05) is 13.0 Å². The molecule has 2 rings (SSSR count). The third-order valence-corrected chi connectivity index (χ3v) is 2.48. The van der Waals surface area contributed by atoms with Crippen molar-refractivity contribution in [2.24, 2.45) is 0 Å². The third kappa shape index (κ3) is 1.40. The van der Waals surface area contributed by atoms with Gasteiger partial charge < -0.3 is 9.84 Å². The normalized spacial score (nSPS) is 18.4. The lowest BCUT2D eigenvalue weighted by Crippen LogP contribution is -2.05. The van der Waals surface area contributed by atoms with Crippen molar-refractivity contribution in [1.29, 1.82) is 0 Å². The third-order valence-electron chi connectivity index (χ3n) is 2.48. The van der Waals surface area contributed by atoms with E-state index in [1.54, 1.807) is 13.3 Å². The summed E-state index contributed by atoms with van der Waals surface area (Å²) in [6.45, 7) is 1.93. The molecule has 0 bridgehead atoms. The lowest BCUT2D eigenvalue weighted by atomic mass is 10.1. The second-order valence-corrected chi connectivity index (χ2v) is 3.58. The number of ether oxygens (including phenoxy) is 1. The van der Waals surface area contributed by atoms with Gasteiger partial charge in [0.1, 0.15) is 0 Å². The summed E-state index contributed by atoms with van der Waals surface area (Å²) in [7, 11) is 1.60. The smallest absolute Gasteiger partial charge is 0.215 e. The largest absolute Gasteiger partial charge is 0.481 e. The molecule has 0 aliphatic heterocycles. The molecular weight excluding hydrogens is 166 g/mol. The molecule has 1 N–H and O–H groups in total. The number of aromatic nitrogens is 1. The molecule has 1 aliphatic rings. The summed E-state index contributed by atoms with van der Waals surface area (Å²) in [5, 5.41) is 9.81. The van der Waals surface area contributed by atoms with E-state index >= 15 is 0 Å². The molecular formula is C10H13NO2. The molecule has 0 unspecified atom stereocenters. The summed E-state index contributed by atoms with van der Waals surface area (Å²) in [6, 6.07) is 1.94. The first-order valence-electron chi connectivity index (χ1n) is 4.39. The fourth-order valence-electron chi connectivity index (χ4n) is 1.44. The predicted molar refractivity (Wildman–Crippen MR) is 48.7 cm³/mol. The van der Waals surface area contributed by atoms with Crippen molar-refractivity contribution in [1.82, 2.24) is 4.98 Å². The minimum absolute atomic E-state index is 0.593. The van der Waals surface area contributed by atoms with Crippen LogP contribution in [0.1, 0.15) is 24.0 Å². The predicted octanol–water partition coefficient (Wildman–Crippen LogP) is 1.38. The number of hydrogen-bond acceptors (Lipinski definition) is 3. The van der Waals surface area contributed by atoms with Crippen molar-refractivity contribution in [3.8, 4) is 5.88 Å². The molecule has 70 valence electrons. The Morgan fingerprint density at radius 1 is 1.54 bits per heavy atom. The molecule has 1 heterocycles. The fourth-order valence-corrected chi connectivity index (χ4v) is 1.44. The van der Waals surface area contributed by atoms with Crippen LogP contribution in [-0.4, -0.2) is 17.2 Å². The molecule has 1 fully saturated rings. The van der Waals surface area contributed by atoms with E-state index in [0.717, 1.165) is 24.0 Å². The maximum atomic E-state index is 9.81. The highest BCUT2D eigenvalue weighted by molar-refractivity contribution is 5.33. The maximum absolute atomic E-state index is 9.81. The molecule has 3 nitrogen and oxygen atoms in total. The van der Waals surface area contributed by atoms with Crippen LogP contribution in [0.25, 0.3) is 0 Å². The number of pyridine rings is 1. The van der Waals surface area contributed by atoms with Crippen LogP contribution in [0.3, 0.4) is 0 Å². The molecule has 3 heteroatoms. The molecule has 0 saturated heterocycles. The molecule has 13 heavy (non-hydrogen) atoms. The summed E-state index contributed by atoms with van der Waals surface area (Å²) < 4.78 is 5.04. The first-order chi connectivity index (χ1) is 6.15. The molecule has 0 spiro atoms. The SMILES string of the molecule is COc1ncc(C2(O)CC2)cc1C. The monoisotopic (exact) mass is 179 g/mol. The van der Waals surface area contributed by atoms with E-state index in [2.05, 4.69) is 4.98 Å². The lowest BCUT2D eigenvalue weighted by Gasteiger charge is -2.09. The van der Waals surface area contributed by atoms with Gasteiger partial charge in [-0.15, -0.1) is 0 Å². The Morgan fingerprint density at radius 3 is 2.69 bits per heavy atom. The van der Waals surface area contributed by atoms with Gasteiger partial charge in [-0.2, -0.15) is 0 Å². The second-order valence-electron chi connectivity index (χ2n) is 3.58. The van der Waals surface area contributed by atoms with Gasteiger partial charge in [-0.1, -0.05) is 0 Å². The van der Waals surface area contributed by atoms with Gasteiger partial charge in [0, 0.05) is 17.3 Å². The van der Waals surface area contributed by atoms with Crippen molar-refractivity contribution in [3.05, 3.63) is 23.4 Å². The summed E-state index contributed by atoms with van der Waals surface area (Å²) >= 11 is 0. The van der Waals surface area contributed by atoms with E-state index < -0.39 is 5.60 Å². The Bertz CT molecular complexity index is 332. The topological polar surface area (TPSA) is 42.4 Å². The average Bonchev–Trinajstić information content (AvgIpc) is 2.85. The Balaban J connectivity index is 2.36. The quantitative estimate of drug-likeness (QED) is 0.745. The molecule has 0 atom stereocenters. The van der Waals surface area contributed by atoms with Gasteiger partial charge in [0.25, 0.3) is 0 Å². The van der Waals surface area contributed by atoms with Crippen molar-refractivity contribution in [3.63, 3.8) is 0 Å². The number of hydrogen-bond donors (Lipinski definition) is 1. The molecule has 0 radical (unpaired) electrons. The second kappa shape index (κ2) is 2.70. The summed E-state index contributed by atoms with van der Waals surface area (Å²) in [5.41, 5.74) is 1.29. The van der Waals surface area contributed by atoms with Crippen LogP contribution in [0.4, 0.5) is 0 Å². The van der Waals surface area contributed by atoms with E-state index in [9.17, 15) is 5.11 Å². The van der Waals surface area contributed by atoms with E-state index in [-0.39, 0.29) is 0 Å². The zero-order valence-corrected chi connectivity index (χ0v) is 7.87. The minimum atomic E-state index is -0.593. The maximum Gasteiger partial charge on any atom is 0.215 e. The van der Waals surface area contributed by atoms with Gasteiger partial charge >= 0.3 is 0 Å². The van der Waals surface area contributed by atoms with E-state index in [1.165, 1.54) is 0 Å². The molecule has 1 aliphatic carbocycles. The first kappa shape index (κ1) is 8.51. The van der Waals surface area contributed by atoms with Gasteiger partial charge in [0.05, 0.1) is 12.7 Å². The zero-order valence-electron chi connectivity index (χ0n) is 7.87. The Labute approximate surface area is 77.4 Å². The number of methoxy groups -OCH3 is 1. The van der Waals surface area contributed by atoms with Crippen molar-refractivity contribution in [2.45, 2.75) is 25.4 Å². The summed E-state index contributed by atoms with van der Waals surface area (Å²) in [6.07, 6.45) is 3.39. The highest BCUT2D eigenvalue weighted by Gasteiger charge is 2.42. The average molecular weight is 179 g/mol. The van der Waals surface area contributed by atoms with Crippen LogP contribution < -0.4 is 4.74 Å². The molecule has 1 saturated carbocycles. The number of aliphatic hydroxyl groups is 1. The molecule has 1 aromatic heterocycles. The van der Waals surface area contributed by atoms with Crippen molar-refractivity contribution < 1.29 is 9.84 Å². The molecule has 0 amide bonds. The van der Waals surface area contributed by atoms with Crippen molar-refractivity contribution >= 4 is 0 Å². The fraction of sp³-hybridized carbons (Fsp3) is 0.500. The van der Waals surface area contributed by atoms with Crippen LogP contribution in [-0.2, 0) is 5.60 Å². The first-order valence-corrected chi connectivity index (χ1v) is 4.39. The number of nitrogens with zero attached hydrogens (tertiary/aromatic N) is 1. The van der Waals surface area contributed by atoms with Gasteiger partial charge in [0.2, 0.25) is 5.88 Å². The van der Waals surface area contributed by atoms with Gasteiger partial charge in [-0.3, -0.25) is 0 Å². The van der Waals surface area contributed by atoms with Crippen LogP contribution >= 0.6 is 0 Å². The van der Waals surface area contributed by atoms with Crippen LogP contribution in [0.15, 0.2) is 12.3 Å². The van der Waals surface area contributed by atoms with E-state index in [0.29, 0.717) is 5.88 Å². The summed E-state index contributed by atoms with van der Waals surface area (Å²) in [5.74, 6) is 0.632. The Hall–Kier alpha value is -1.09. The number of aryl methyl sites for hydroxylation is 1. The van der Waals surface area contributed by atoms with Crippen LogP contribution in [0.5, 0.6) is 5.88 Å². The van der Waals surface area contributed by atoms with Crippen LogP contribution in [0, 0.1) is 6.92 Å². The lowest BCUT2D eigenvalue weighted by molar-refractivity contribution is 0.151. The highest BCUT2D eigenvalue weighted by atomic mass is 16.5. The molecule has 0 aromatic carbocycles. The Kier molecular flexibility index (Phi) is 1.77. The zero-order chi connectivity index (χ0) is 9.47. The standard InChI is InChI=1S/C10H13NO2/c1-7-5-8(10(12)3-4-10)6-11-9(7)13-2/h5-6,12H,3-4H2,1-2H3. The van der Waals surface area contributed by atoms with E-state index in [4.69, 9.17) is 4.74 Å². The molecule has 1 aromatic rings. The van der Waals surface area contributed by atoms with Crippen molar-refractivity contribution in [2.75, 3.05) is 7.11 Å². The van der Waals surface area contributed by atoms with Gasteiger partial charge in [-0.05, 0) is 25.8 Å². The minimum Gasteiger partial charge on any atom is -0.481 e. The Morgan fingerprint density at radius 2 is 2.23 bits per heavy atom. The highest BCUT2D eigenvalue weighted by Crippen LogP contribution is 2.45.